The van der Waals surface area contributed by atoms with Crippen LogP contribution in [0, 0.1) is 0 Å². The maximum Gasteiger partial charge on any atom is 0.328 e. The Morgan fingerprint density at radius 1 is 1.54 bits per heavy atom. The van der Waals surface area contributed by atoms with Gasteiger partial charge in [0.25, 0.3) is 0 Å². The van der Waals surface area contributed by atoms with Crippen LogP contribution < -0.4 is 10.5 Å². The van der Waals surface area contributed by atoms with Crippen molar-refractivity contribution in [2.24, 2.45) is 0 Å². The van der Waals surface area contributed by atoms with E-state index in [4.69, 9.17) is 24.3 Å². The molecule has 4 rings (SSSR count). The van der Waals surface area contributed by atoms with E-state index in [1.54, 1.807) is 6.92 Å². The van der Waals surface area contributed by atoms with Crippen LogP contribution in [0.25, 0.3) is 11.2 Å². The predicted molar refractivity (Wildman–Crippen MR) is 88.7 cm³/mol. The summed E-state index contributed by atoms with van der Waals surface area (Å²) in [7, 11) is -3.32. The summed E-state index contributed by atoms with van der Waals surface area (Å²) in [6.45, 7) is 4.77. The van der Waals surface area contributed by atoms with E-state index in [0.717, 1.165) is 0 Å². The van der Waals surface area contributed by atoms with Gasteiger partial charge in [0.2, 0.25) is 11.8 Å². The Morgan fingerprint density at radius 2 is 2.31 bits per heavy atom. The molecule has 2 saturated heterocycles. The van der Waals surface area contributed by atoms with Gasteiger partial charge in [-0.25, -0.2) is 9.37 Å². The molecule has 0 bridgehead atoms. The van der Waals surface area contributed by atoms with Crippen LogP contribution in [0.15, 0.2) is 6.33 Å². The molecule has 0 saturated carbocycles. The molecule has 2 aliphatic rings. The smallest absolute Gasteiger partial charge is 0.328 e. The Kier molecular flexibility index (Phi) is 3.96. The number of ether oxygens (including phenoxy) is 2. The monoisotopic (exact) mass is 387 g/mol. The molecule has 2 aromatic heterocycles. The van der Waals surface area contributed by atoms with Crippen molar-refractivity contribution in [3.05, 3.63) is 6.33 Å². The van der Waals surface area contributed by atoms with E-state index in [-0.39, 0.29) is 24.1 Å². The van der Waals surface area contributed by atoms with Gasteiger partial charge in [-0.2, -0.15) is 9.97 Å². The molecule has 2 N–H and O–H groups in total. The third-order valence-electron chi connectivity index (χ3n) is 4.40. The van der Waals surface area contributed by atoms with Crippen LogP contribution >= 0.6 is 7.60 Å². The third kappa shape index (κ3) is 2.66. The minimum atomic E-state index is -3.32. The highest BCUT2D eigenvalue weighted by Gasteiger charge is 2.60. The van der Waals surface area contributed by atoms with Gasteiger partial charge < -0.3 is 19.7 Å². The normalized spacial score (nSPS) is 37.0. The zero-order valence-corrected chi connectivity index (χ0v) is 15.4. The van der Waals surface area contributed by atoms with Gasteiger partial charge >= 0.3 is 7.60 Å². The average Bonchev–Trinajstić information content (AvgIpc) is 3.06. The van der Waals surface area contributed by atoms with Gasteiger partial charge in [-0.15, -0.1) is 0 Å². The Morgan fingerprint density at radius 3 is 3.04 bits per heavy atom. The first kappa shape index (κ1) is 17.6. The Balaban J connectivity index is 1.77. The molecule has 0 radical (unpaired) electrons. The number of nitrogens with two attached hydrogens (primary N) is 1. The van der Waals surface area contributed by atoms with Crippen molar-refractivity contribution in [2.45, 2.75) is 38.0 Å². The minimum Gasteiger partial charge on any atom is -0.476 e. The maximum atomic E-state index is 15.6. The second-order valence-electron chi connectivity index (χ2n) is 6.42. The molecule has 0 aliphatic carbocycles. The van der Waals surface area contributed by atoms with Crippen LogP contribution in [0.2, 0.25) is 0 Å². The highest BCUT2D eigenvalue weighted by atomic mass is 31.2. The van der Waals surface area contributed by atoms with Gasteiger partial charge in [0.15, 0.2) is 23.1 Å². The standard InChI is InChI=1S/C14H19FN5O5P/c1-4-22-11-8-10(18-13(16)19-11)20(6-17-8)12-14(2,15)9-7(24-12)5-23-26(3,21)25-9/h6-7,9,12H,4-5H2,1-3H3,(H2,16,18,19)/t7-,9-,12-,14-,26-/m1/s1. The number of alkyl halides is 1. The van der Waals surface area contributed by atoms with Crippen LogP contribution in [0.3, 0.4) is 0 Å². The maximum absolute atomic E-state index is 15.6. The lowest BCUT2D eigenvalue weighted by Gasteiger charge is -2.33. The molecule has 0 amide bonds. The van der Waals surface area contributed by atoms with E-state index in [0.29, 0.717) is 12.1 Å². The lowest BCUT2D eigenvalue weighted by atomic mass is 9.98. The van der Waals surface area contributed by atoms with Gasteiger partial charge in [-0.1, -0.05) is 0 Å². The van der Waals surface area contributed by atoms with Gasteiger partial charge in [0, 0.05) is 6.66 Å². The van der Waals surface area contributed by atoms with Crippen molar-refractivity contribution in [2.75, 3.05) is 25.6 Å². The molecule has 0 aromatic carbocycles. The summed E-state index contributed by atoms with van der Waals surface area (Å²) >= 11 is 0. The van der Waals surface area contributed by atoms with Crippen molar-refractivity contribution in [1.29, 1.82) is 0 Å². The van der Waals surface area contributed by atoms with E-state index in [2.05, 4.69) is 15.0 Å². The number of rotatable bonds is 3. The van der Waals surface area contributed by atoms with Crippen molar-refractivity contribution < 1.29 is 27.5 Å². The number of hydrogen-bond acceptors (Lipinski definition) is 9. The van der Waals surface area contributed by atoms with Gasteiger partial charge in [-0.3, -0.25) is 13.7 Å². The topological polar surface area (TPSA) is 124 Å². The quantitative estimate of drug-likeness (QED) is 0.783. The summed E-state index contributed by atoms with van der Waals surface area (Å²) in [6, 6.07) is 0. The number of fused-ring (bicyclic) bond motifs is 2. The summed E-state index contributed by atoms with van der Waals surface area (Å²) in [5, 5.41) is 0. The van der Waals surface area contributed by atoms with E-state index in [1.165, 1.54) is 24.5 Å². The van der Waals surface area contributed by atoms with Crippen molar-refractivity contribution >= 4 is 24.7 Å². The number of hydrogen-bond donors (Lipinski definition) is 1. The lowest BCUT2D eigenvalue weighted by Crippen LogP contribution is -2.44. The van der Waals surface area contributed by atoms with Gasteiger partial charge in [0.1, 0.15) is 12.2 Å². The Labute approximate surface area is 148 Å². The van der Waals surface area contributed by atoms with Gasteiger partial charge in [-0.05, 0) is 13.8 Å². The zero-order chi connectivity index (χ0) is 18.7. The molecule has 4 heterocycles. The van der Waals surface area contributed by atoms with E-state index in [1.807, 2.05) is 0 Å². The summed E-state index contributed by atoms with van der Waals surface area (Å²) in [5.41, 5.74) is 4.36. The van der Waals surface area contributed by atoms with E-state index in [9.17, 15) is 4.57 Å². The first-order valence-electron chi connectivity index (χ1n) is 8.10. The predicted octanol–water partition coefficient (Wildman–Crippen LogP) is 1.67. The summed E-state index contributed by atoms with van der Waals surface area (Å²) < 4.78 is 50.9. The van der Waals surface area contributed by atoms with Crippen LogP contribution in [-0.2, 0) is 18.3 Å². The lowest BCUT2D eigenvalue weighted by molar-refractivity contribution is -0.0594. The highest BCUT2D eigenvalue weighted by molar-refractivity contribution is 7.53. The third-order valence-corrected chi connectivity index (χ3v) is 5.63. The molecule has 2 aliphatic heterocycles. The van der Waals surface area contributed by atoms with Crippen LogP contribution in [0.5, 0.6) is 5.88 Å². The molecule has 2 aromatic rings. The van der Waals surface area contributed by atoms with Crippen LogP contribution in [0.1, 0.15) is 20.1 Å². The fraction of sp³-hybridized carbons (Fsp3) is 0.643. The van der Waals surface area contributed by atoms with Crippen LogP contribution in [0.4, 0.5) is 10.3 Å². The van der Waals surface area contributed by atoms with E-state index >= 15 is 4.39 Å². The summed E-state index contributed by atoms with van der Waals surface area (Å²) in [6.07, 6.45) is -1.49. The minimum absolute atomic E-state index is 0.0254. The first-order valence-corrected chi connectivity index (χ1v) is 10.1. The molecule has 0 unspecified atom stereocenters. The molecular formula is C14H19FN5O5P. The molecular weight excluding hydrogens is 368 g/mol. The fourth-order valence-corrected chi connectivity index (χ4v) is 4.50. The second kappa shape index (κ2) is 5.85. The van der Waals surface area contributed by atoms with Crippen molar-refractivity contribution in [3.63, 3.8) is 0 Å². The number of halogens is 1. The molecule has 26 heavy (non-hydrogen) atoms. The molecule has 0 spiro atoms. The number of nitrogen functional groups attached to an aromatic ring is 1. The molecule has 10 nitrogen and oxygen atoms in total. The van der Waals surface area contributed by atoms with Crippen LogP contribution in [-0.4, -0.2) is 57.3 Å². The summed E-state index contributed by atoms with van der Waals surface area (Å²) in [4.78, 5) is 12.4. The summed E-state index contributed by atoms with van der Waals surface area (Å²) in [5.74, 6) is 0.179. The molecule has 12 heteroatoms. The van der Waals surface area contributed by atoms with E-state index < -0.39 is 31.7 Å². The number of nitrogens with zero attached hydrogens (tertiary/aromatic N) is 4. The molecule has 142 valence electrons. The fourth-order valence-electron chi connectivity index (χ4n) is 3.27. The number of imidazole rings is 1. The average molecular weight is 387 g/mol. The first-order chi connectivity index (χ1) is 12.2. The molecule has 2 fully saturated rings. The number of anilines is 1. The zero-order valence-electron chi connectivity index (χ0n) is 14.5. The number of aromatic nitrogens is 4. The molecule has 5 atom stereocenters. The van der Waals surface area contributed by atoms with Gasteiger partial charge in [0.05, 0.1) is 19.5 Å². The Hall–Kier alpha value is -1.81. The van der Waals surface area contributed by atoms with Crippen molar-refractivity contribution in [1.82, 2.24) is 19.5 Å². The SMILES string of the molecule is CCOc1nc(N)nc2c1ncn2[C@@H]1O[C@@H]2CO[P@@](C)(=O)O[C@H]2[C@@]1(C)F. The second-order valence-corrected chi connectivity index (χ2v) is 8.43. The largest absolute Gasteiger partial charge is 0.476 e. The highest BCUT2D eigenvalue weighted by Crippen LogP contribution is 2.56. The Bertz CT molecular complexity index is 905. The van der Waals surface area contributed by atoms with Crippen molar-refractivity contribution in [3.8, 4) is 5.88 Å².